The molecule has 148 valence electrons. The summed E-state index contributed by atoms with van der Waals surface area (Å²) >= 11 is 6.09. The Bertz CT molecular complexity index is 1050. The van der Waals surface area contributed by atoms with E-state index in [9.17, 15) is 23.3 Å². The van der Waals surface area contributed by atoms with Crippen LogP contribution in [0.3, 0.4) is 0 Å². The van der Waals surface area contributed by atoms with Crippen LogP contribution in [0.25, 0.3) is 0 Å². The molecule has 0 aliphatic carbocycles. The number of nitro benzene ring substituents is 1. The maximum atomic E-state index is 12.8. The summed E-state index contributed by atoms with van der Waals surface area (Å²) in [6.07, 6.45) is 1.56. The molecule has 28 heavy (non-hydrogen) atoms. The second-order valence-corrected chi connectivity index (χ2v) is 8.73. The first-order valence-corrected chi connectivity index (χ1v) is 10.4. The van der Waals surface area contributed by atoms with Crippen LogP contribution in [0, 0.1) is 17.0 Å². The topological polar surface area (TPSA) is 110 Å². The minimum absolute atomic E-state index is 0.0370. The lowest BCUT2D eigenvalue weighted by molar-refractivity contribution is -0.385. The fourth-order valence-electron chi connectivity index (χ4n) is 3.06. The van der Waals surface area contributed by atoms with Crippen molar-refractivity contribution in [2.24, 2.45) is 0 Å². The number of hydrogen-bond donors (Lipinski definition) is 1. The molecule has 1 aliphatic heterocycles. The summed E-state index contributed by atoms with van der Waals surface area (Å²) in [6.45, 7) is 2.36. The zero-order chi connectivity index (χ0) is 20.5. The summed E-state index contributed by atoms with van der Waals surface area (Å²) in [5, 5.41) is 13.7. The van der Waals surface area contributed by atoms with Gasteiger partial charge < -0.3 is 5.32 Å². The van der Waals surface area contributed by atoms with Gasteiger partial charge in [-0.05, 0) is 44.0 Å². The molecule has 0 saturated carbocycles. The lowest BCUT2D eigenvalue weighted by Crippen LogP contribution is -2.28. The van der Waals surface area contributed by atoms with E-state index in [2.05, 4.69) is 5.32 Å². The number of amides is 1. The molecule has 1 aliphatic rings. The second kappa shape index (κ2) is 7.86. The highest BCUT2D eigenvalue weighted by atomic mass is 35.5. The molecular formula is C18H18ClN3O5S. The van der Waals surface area contributed by atoms with E-state index in [0.29, 0.717) is 18.7 Å². The van der Waals surface area contributed by atoms with Crippen LogP contribution in [0.15, 0.2) is 41.3 Å². The Morgan fingerprint density at radius 3 is 2.54 bits per heavy atom. The highest BCUT2D eigenvalue weighted by Crippen LogP contribution is 2.29. The van der Waals surface area contributed by atoms with Crippen molar-refractivity contribution in [3.05, 3.63) is 62.7 Å². The third-order valence-electron chi connectivity index (χ3n) is 4.63. The molecule has 2 aromatic rings. The van der Waals surface area contributed by atoms with Crippen molar-refractivity contribution in [3.8, 4) is 0 Å². The molecule has 3 rings (SSSR count). The summed E-state index contributed by atoms with van der Waals surface area (Å²) in [5.41, 5.74) is 0.553. The lowest BCUT2D eigenvalue weighted by atomic mass is 10.1. The molecule has 8 nitrogen and oxygen atoms in total. The van der Waals surface area contributed by atoms with Crippen LogP contribution in [0.4, 0.5) is 11.4 Å². The van der Waals surface area contributed by atoms with Crippen LogP contribution in [0.5, 0.6) is 0 Å². The van der Waals surface area contributed by atoms with E-state index in [0.717, 1.165) is 12.8 Å². The van der Waals surface area contributed by atoms with Crippen molar-refractivity contribution < 1.29 is 18.1 Å². The maximum absolute atomic E-state index is 12.8. The van der Waals surface area contributed by atoms with Gasteiger partial charge >= 0.3 is 0 Å². The number of sulfonamides is 1. The molecular weight excluding hydrogens is 406 g/mol. The molecule has 1 amide bonds. The lowest BCUT2D eigenvalue weighted by Gasteiger charge is -2.17. The Balaban J connectivity index is 1.92. The minimum Gasteiger partial charge on any atom is -0.321 e. The van der Waals surface area contributed by atoms with Crippen LogP contribution in [-0.2, 0) is 10.0 Å². The van der Waals surface area contributed by atoms with Gasteiger partial charge in [-0.25, -0.2) is 8.42 Å². The normalized spacial score (nSPS) is 14.8. The number of rotatable bonds is 5. The smallest absolute Gasteiger partial charge is 0.274 e. The largest absolute Gasteiger partial charge is 0.321 e. The number of nitrogens with zero attached hydrogens (tertiary/aromatic N) is 2. The van der Waals surface area contributed by atoms with Gasteiger partial charge in [-0.1, -0.05) is 17.7 Å². The first-order valence-electron chi connectivity index (χ1n) is 8.57. The Hall–Kier alpha value is -2.49. The number of nitrogens with one attached hydrogen (secondary N) is 1. The van der Waals surface area contributed by atoms with Crippen LogP contribution < -0.4 is 5.32 Å². The van der Waals surface area contributed by atoms with Gasteiger partial charge in [0.25, 0.3) is 11.6 Å². The van der Waals surface area contributed by atoms with Gasteiger partial charge in [-0.2, -0.15) is 4.31 Å². The highest BCUT2D eigenvalue weighted by molar-refractivity contribution is 7.89. The van der Waals surface area contributed by atoms with E-state index in [1.54, 1.807) is 0 Å². The van der Waals surface area contributed by atoms with Crippen LogP contribution >= 0.6 is 11.6 Å². The molecule has 0 aromatic heterocycles. The Kier molecular flexibility index (Phi) is 5.69. The predicted molar refractivity (Wildman–Crippen MR) is 105 cm³/mol. The van der Waals surface area contributed by atoms with Crippen LogP contribution in [-0.4, -0.2) is 36.6 Å². The van der Waals surface area contributed by atoms with Crippen molar-refractivity contribution in [1.82, 2.24) is 4.31 Å². The number of halogens is 1. The van der Waals surface area contributed by atoms with Crippen molar-refractivity contribution >= 4 is 38.9 Å². The number of carbonyl (C=O) groups is 1. The highest BCUT2D eigenvalue weighted by Gasteiger charge is 2.30. The average Bonchev–Trinajstić information content (AvgIpc) is 3.19. The molecule has 1 fully saturated rings. The number of nitro groups is 1. The van der Waals surface area contributed by atoms with Gasteiger partial charge in [-0.15, -0.1) is 0 Å². The molecule has 0 radical (unpaired) electrons. The van der Waals surface area contributed by atoms with Crippen molar-refractivity contribution in [2.45, 2.75) is 24.7 Å². The van der Waals surface area contributed by atoms with E-state index >= 15 is 0 Å². The molecule has 10 heteroatoms. The van der Waals surface area contributed by atoms with Gasteiger partial charge in [-0.3, -0.25) is 14.9 Å². The number of hydrogen-bond acceptors (Lipinski definition) is 5. The van der Waals surface area contributed by atoms with Crippen molar-refractivity contribution in [3.63, 3.8) is 0 Å². The molecule has 0 bridgehead atoms. The van der Waals surface area contributed by atoms with Gasteiger partial charge in [0, 0.05) is 24.7 Å². The maximum Gasteiger partial charge on any atom is 0.274 e. The average molecular weight is 424 g/mol. The molecule has 0 atom stereocenters. The van der Waals surface area contributed by atoms with E-state index in [1.165, 1.54) is 47.6 Å². The first-order chi connectivity index (χ1) is 13.2. The molecule has 2 aromatic carbocycles. The van der Waals surface area contributed by atoms with E-state index in [-0.39, 0.29) is 26.9 Å². The molecule has 1 N–H and O–H groups in total. The summed E-state index contributed by atoms with van der Waals surface area (Å²) in [7, 11) is -3.79. The van der Waals surface area contributed by atoms with Gasteiger partial charge in [0.1, 0.15) is 4.90 Å². The Morgan fingerprint density at radius 2 is 1.89 bits per heavy atom. The summed E-state index contributed by atoms with van der Waals surface area (Å²) < 4.78 is 26.9. The SMILES string of the molecule is Cc1c(NC(=O)c2ccc(Cl)c(S(=O)(=O)N3CCCC3)c2)cccc1[N+](=O)[O-]. The van der Waals surface area contributed by atoms with E-state index < -0.39 is 20.9 Å². The zero-order valence-electron chi connectivity index (χ0n) is 15.0. The van der Waals surface area contributed by atoms with Crippen molar-refractivity contribution in [2.75, 3.05) is 18.4 Å². The van der Waals surface area contributed by atoms with E-state index in [1.807, 2.05) is 0 Å². The van der Waals surface area contributed by atoms with Crippen LogP contribution in [0.1, 0.15) is 28.8 Å². The number of benzene rings is 2. The monoisotopic (exact) mass is 423 g/mol. The number of anilines is 1. The third-order valence-corrected chi connectivity index (χ3v) is 7.01. The fourth-order valence-corrected chi connectivity index (χ4v) is 5.08. The molecule has 0 unspecified atom stereocenters. The zero-order valence-corrected chi connectivity index (χ0v) is 16.6. The molecule has 0 spiro atoms. The van der Waals surface area contributed by atoms with Crippen molar-refractivity contribution in [1.29, 1.82) is 0 Å². The Labute approximate surface area is 167 Å². The summed E-state index contributed by atoms with van der Waals surface area (Å²) in [6, 6.07) is 8.35. The summed E-state index contributed by atoms with van der Waals surface area (Å²) in [4.78, 5) is 23.0. The number of carbonyl (C=O) groups excluding carboxylic acids is 1. The molecule has 1 saturated heterocycles. The minimum atomic E-state index is -3.79. The van der Waals surface area contributed by atoms with Gasteiger partial charge in [0.2, 0.25) is 10.0 Å². The second-order valence-electron chi connectivity index (χ2n) is 6.42. The standard InChI is InChI=1S/C18H18ClN3O5S/c1-12-15(5-4-6-16(12)22(24)25)20-18(23)13-7-8-14(19)17(11-13)28(26,27)21-9-2-3-10-21/h4-8,11H,2-3,9-10H2,1H3,(H,20,23). The van der Waals surface area contributed by atoms with Gasteiger partial charge in [0.05, 0.1) is 21.2 Å². The molecule has 1 heterocycles. The predicted octanol–water partition coefficient (Wildman–Crippen LogP) is 3.59. The van der Waals surface area contributed by atoms with E-state index in [4.69, 9.17) is 11.6 Å². The fraction of sp³-hybridized carbons (Fsp3) is 0.278. The third kappa shape index (κ3) is 3.87. The quantitative estimate of drug-likeness (QED) is 0.583. The summed E-state index contributed by atoms with van der Waals surface area (Å²) in [5.74, 6) is -0.585. The first kappa shape index (κ1) is 20.2. The van der Waals surface area contributed by atoms with Crippen LogP contribution in [0.2, 0.25) is 5.02 Å². The van der Waals surface area contributed by atoms with Gasteiger partial charge in [0.15, 0.2) is 0 Å². The Morgan fingerprint density at radius 1 is 1.21 bits per heavy atom.